The van der Waals surface area contributed by atoms with Crippen LogP contribution in [0.1, 0.15) is 33.6 Å². The Balaban J connectivity index is 0.000000461. The molecule has 0 aromatic rings. The molecule has 0 aromatic carbocycles. The zero-order valence-corrected chi connectivity index (χ0v) is 7.61. The molecule has 1 rings (SSSR count). The van der Waals surface area contributed by atoms with E-state index in [0.29, 0.717) is 5.41 Å². The van der Waals surface area contributed by atoms with E-state index in [4.69, 9.17) is 5.73 Å². The van der Waals surface area contributed by atoms with Gasteiger partial charge < -0.3 is 11.1 Å². The van der Waals surface area contributed by atoms with Gasteiger partial charge in [0.2, 0.25) is 0 Å². The second kappa shape index (κ2) is 4.21. The van der Waals surface area contributed by atoms with Crippen LogP contribution in [0.5, 0.6) is 0 Å². The van der Waals surface area contributed by atoms with E-state index in [9.17, 15) is 4.79 Å². The minimum absolute atomic E-state index is 0.370. The zero-order valence-electron chi connectivity index (χ0n) is 7.61. The molecule has 0 aliphatic heterocycles. The molecule has 0 heterocycles. The normalized spacial score (nSPS) is 17.7. The highest BCUT2D eigenvalue weighted by Crippen LogP contribution is 2.43. The SMILES string of the molecule is CC.CC1(CNC(N)=O)CC1. The van der Waals surface area contributed by atoms with Crippen LogP contribution in [0, 0.1) is 5.41 Å². The first kappa shape index (κ1) is 10.3. The molecule has 3 N–H and O–H groups in total. The summed E-state index contributed by atoms with van der Waals surface area (Å²) in [6.07, 6.45) is 2.43. The summed E-state index contributed by atoms with van der Waals surface area (Å²) in [7, 11) is 0. The van der Waals surface area contributed by atoms with Gasteiger partial charge in [0.05, 0.1) is 0 Å². The molecular formula is C8H18N2O. The number of rotatable bonds is 2. The Kier molecular flexibility index (Phi) is 3.93. The lowest BCUT2D eigenvalue weighted by Crippen LogP contribution is -2.33. The third-order valence-electron chi connectivity index (χ3n) is 1.79. The van der Waals surface area contributed by atoms with Gasteiger partial charge in [-0.2, -0.15) is 0 Å². The number of carbonyl (C=O) groups excluding carboxylic acids is 1. The van der Waals surface area contributed by atoms with Crippen LogP contribution in [0.4, 0.5) is 4.79 Å². The van der Waals surface area contributed by atoms with Gasteiger partial charge in [0.1, 0.15) is 0 Å². The summed E-state index contributed by atoms with van der Waals surface area (Å²) in [4.78, 5) is 10.2. The quantitative estimate of drug-likeness (QED) is 0.628. The first-order chi connectivity index (χ1) is 5.12. The van der Waals surface area contributed by atoms with Gasteiger partial charge in [0.15, 0.2) is 0 Å². The smallest absolute Gasteiger partial charge is 0.312 e. The van der Waals surface area contributed by atoms with Gasteiger partial charge in [-0.1, -0.05) is 20.8 Å². The fraction of sp³-hybridized carbons (Fsp3) is 0.875. The van der Waals surface area contributed by atoms with Gasteiger partial charge in [-0.05, 0) is 18.3 Å². The Bertz CT molecular complexity index is 130. The Morgan fingerprint density at radius 1 is 1.55 bits per heavy atom. The minimum Gasteiger partial charge on any atom is -0.352 e. The second-order valence-electron chi connectivity index (χ2n) is 3.03. The number of amides is 2. The van der Waals surface area contributed by atoms with E-state index in [-0.39, 0.29) is 0 Å². The predicted octanol–water partition coefficient (Wildman–Crippen LogP) is 1.48. The summed E-state index contributed by atoms with van der Waals surface area (Å²) in [5.74, 6) is 0. The molecule has 2 amide bonds. The van der Waals surface area contributed by atoms with Crippen molar-refractivity contribution in [3.63, 3.8) is 0 Å². The van der Waals surface area contributed by atoms with Crippen LogP contribution in [0.3, 0.4) is 0 Å². The molecule has 66 valence electrons. The maximum atomic E-state index is 10.2. The van der Waals surface area contributed by atoms with Crippen molar-refractivity contribution in [1.82, 2.24) is 5.32 Å². The lowest BCUT2D eigenvalue weighted by Gasteiger charge is -2.06. The molecule has 11 heavy (non-hydrogen) atoms. The summed E-state index contributed by atoms with van der Waals surface area (Å²) in [5.41, 5.74) is 5.25. The monoisotopic (exact) mass is 158 g/mol. The van der Waals surface area contributed by atoms with Crippen LogP contribution in [-0.2, 0) is 0 Å². The van der Waals surface area contributed by atoms with Crippen molar-refractivity contribution in [3.05, 3.63) is 0 Å². The van der Waals surface area contributed by atoms with Crippen LogP contribution < -0.4 is 11.1 Å². The molecule has 1 fully saturated rings. The molecule has 0 radical (unpaired) electrons. The number of hydrogen-bond donors (Lipinski definition) is 2. The Morgan fingerprint density at radius 2 is 2.00 bits per heavy atom. The Morgan fingerprint density at radius 3 is 2.27 bits per heavy atom. The van der Waals surface area contributed by atoms with Gasteiger partial charge in [-0.3, -0.25) is 0 Å². The molecule has 1 aliphatic rings. The van der Waals surface area contributed by atoms with Gasteiger partial charge in [0.25, 0.3) is 0 Å². The number of urea groups is 1. The van der Waals surface area contributed by atoms with Gasteiger partial charge in [0, 0.05) is 6.54 Å². The average molecular weight is 158 g/mol. The summed E-state index contributed by atoms with van der Waals surface area (Å²) < 4.78 is 0. The van der Waals surface area contributed by atoms with Crippen molar-refractivity contribution in [3.8, 4) is 0 Å². The summed E-state index contributed by atoms with van der Waals surface area (Å²) in [6.45, 7) is 6.88. The highest BCUT2D eigenvalue weighted by atomic mass is 16.2. The molecule has 0 spiro atoms. The molecule has 0 saturated heterocycles. The molecule has 3 nitrogen and oxygen atoms in total. The first-order valence-electron chi connectivity index (χ1n) is 4.16. The van der Waals surface area contributed by atoms with E-state index in [0.717, 1.165) is 6.54 Å². The standard InChI is InChI=1S/C6H12N2O.C2H6/c1-6(2-3-6)4-8-5(7)9;1-2/h2-4H2,1H3,(H3,7,8,9);1-2H3. The Hall–Kier alpha value is -0.730. The molecular weight excluding hydrogens is 140 g/mol. The van der Waals surface area contributed by atoms with Crippen molar-refractivity contribution in [2.24, 2.45) is 11.1 Å². The molecule has 0 atom stereocenters. The van der Waals surface area contributed by atoms with Crippen LogP contribution >= 0.6 is 0 Å². The fourth-order valence-electron chi connectivity index (χ4n) is 0.691. The number of hydrogen-bond acceptors (Lipinski definition) is 1. The highest BCUT2D eigenvalue weighted by molar-refractivity contribution is 5.71. The summed E-state index contributed by atoms with van der Waals surface area (Å²) in [5, 5.41) is 2.59. The second-order valence-corrected chi connectivity index (χ2v) is 3.03. The van der Waals surface area contributed by atoms with Crippen LogP contribution in [0.15, 0.2) is 0 Å². The number of nitrogens with one attached hydrogen (secondary N) is 1. The molecule has 1 saturated carbocycles. The van der Waals surface area contributed by atoms with E-state index in [1.54, 1.807) is 0 Å². The predicted molar refractivity (Wildman–Crippen MR) is 46.3 cm³/mol. The maximum absolute atomic E-state index is 10.2. The molecule has 0 aromatic heterocycles. The largest absolute Gasteiger partial charge is 0.352 e. The van der Waals surface area contributed by atoms with E-state index in [1.807, 2.05) is 13.8 Å². The van der Waals surface area contributed by atoms with Crippen molar-refractivity contribution in [2.45, 2.75) is 33.6 Å². The third-order valence-corrected chi connectivity index (χ3v) is 1.79. The van der Waals surface area contributed by atoms with Crippen molar-refractivity contribution < 1.29 is 4.79 Å². The van der Waals surface area contributed by atoms with Crippen LogP contribution in [0.2, 0.25) is 0 Å². The number of carbonyl (C=O) groups is 1. The topological polar surface area (TPSA) is 55.1 Å². The highest BCUT2D eigenvalue weighted by Gasteiger charge is 2.36. The molecule has 1 aliphatic carbocycles. The molecule has 0 unspecified atom stereocenters. The lowest BCUT2D eigenvalue weighted by molar-refractivity contribution is 0.247. The molecule has 0 bridgehead atoms. The Labute approximate surface area is 68.3 Å². The van der Waals surface area contributed by atoms with Crippen LogP contribution in [-0.4, -0.2) is 12.6 Å². The van der Waals surface area contributed by atoms with Gasteiger partial charge >= 0.3 is 6.03 Å². The maximum Gasteiger partial charge on any atom is 0.312 e. The van der Waals surface area contributed by atoms with Crippen molar-refractivity contribution >= 4 is 6.03 Å². The molecule has 3 heteroatoms. The fourth-order valence-corrected chi connectivity index (χ4v) is 0.691. The lowest BCUT2D eigenvalue weighted by atomic mass is 10.1. The van der Waals surface area contributed by atoms with Crippen molar-refractivity contribution in [2.75, 3.05) is 6.54 Å². The van der Waals surface area contributed by atoms with E-state index < -0.39 is 6.03 Å². The van der Waals surface area contributed by atoms with Gasteiger partial charge in [-0.15, -0.1) is 0 Å². The summed E-state index contributed by atoms with van der Waals surface area (Å²) >= 11 is 0. The third kappa shape index (κ3) is 4.65. The van der Waals surface area contributed by atoms with E-state index in [2.05, 4.69) is 12.2 Å². The van der Waals surface area contributed by atoms with Crippen LogP contribution in [0.25, 0.3) is 0 Å². The minimum atomic E-state index is -0.414. The first-order valence-corrected chi connectivity index (χ1v) is 4.16. The van der Waals surface area contributed by atoms with E-state index >= 15 is 0 Å². The average Bonchev–Trinajstić information content (AvgIpc) is 2.70. The number of nitrogens with two attached hydrogens (primary N) is 1. The zero-order chi connectivity index (χ0) is 8.91. The van der Waals surface area contributed by atoms with Gasteiger partial charge in [-0.25, -0.2) is 4.79 Å². The van der Waals surface area contributed by atoms with E-state index in [1.165, 1.54) is 12.8 Å². The van der Waals surface area contributed by atoms with Crippen molar-refractivity contribution in [1.29, 1.82) is 0 Å². The summed E-state index contributed by atoms with van der Waals surface area (Å²) in [6, 6.07) is -0.414. The number of primary amides is 1.